The Balaban J connectivity index is 2.54. The molecule has 1 aromatic rings. The van der Waals surface area contributed by atoms with Crippen LogP contribution in [0.4, 0.5) is 0 Å². The van der Waals surface area contributed by atoms with E-state index in [1.54, 1.807) is 30.2 Å². The predicted molar refractivity (Wildman–Crippen MR) is 61.0 cm³/mol. The molecule has 1 amide bonds. The van der Waals surface area contributed by atoms with Crippen molar-refractivity contribution in [2.75, 3.05) is 13.7 Å². The van der Waals surface area contributed by atoms with Crippen LogP contribution < -0.4 is 0 Å². The summed E-state index contributed by atoms with van der Waals surface area (Å²) >= 11 is 0. The molecule has 0 unspecified atom stereocenters. The van der Waals surface area contributed by atoms with Gasteiger partial charge in [-0.05, 0) is 12.1 Å². The van der Waals surface area contributed by atoms with Crippen molar-refractivity contribution >= 4 is 11.9 Å². The van der Waals surface area contributed by atoms with Crippen molar-refractivity contribution in [3.8, 4) is 0 Å². The molecule has 17 heavy (non-hydrogen) atoms. The van der Waals surface area contributed by atoms with Crippen LogP contribution in [0, 0.1) is 0 Å². The number of carbonyl (C=O) groups excluding carboxylic acids is 2. The summed E-state index contributed by atoms with van der Waals surface area (Å²) < 4.78 is 9.73. The van der Waals surface area contributed by atoms with Gasteiger partial charge in [0.2, 0.25) is 5.91 Å². The molecule has 1 heterocycles. The molecule has 0 bridgehead atoms. The quantitative estimate of drug-likeness (QED) is 0.707. The minimum atomic E-state index is -0.321. The van der Waals surface area contributed by atoms with E-state index in [-0.39, 0.29) is 18.3 Å². The number of hydrogen-bond donors (Lipinski definition) is 0. The number of esters is 1. The van der Waals surface area contributed by atoms with Crippen molar-refractivity contribution in [3.05, 3.63) is 24.2 Å². The van der Waals surface area contributed by atoms with Gasteiger partial charge < -0.3 is 14.1 Å². The highest BCUT2D eigenvalue weighted by atomic mass is 16.5. The molecule has 0 N–H and O–H groups in total. The number of rotatable bonds is 6. The molecule has 5 heteroatoms. The van der Waals surface area contributed by atoms with Gasteiger partial charge in [-0.1, -0.05) is 6.92 Å². The zero-order valence-electron chi connectivity index (χ0n) is 10.1. The molecule has 0 aromatic carbocycles. The normalized spacial score (nSPS) is 10.0. The number of hydrogen-bond acceptors (Lipinski definition) is 4. The summed E-state index contributed by atoms with van der Waals surface area (Å²) in [6.07, 6.45) is 2.16. The molecule has 5 nitrogen and oxygen atoms in total. The highest BCUT2D eigenvalue weighted by Gasteiger charge is 2.15. The maximum Gasteiger partial charge on any atom is 0.307 e. The Hall–Kier alpha value is -1.78. The van der Waals surface area contributed by atoms with Gasteiger partial charge >= 0.3 is 5.97 Å². The first-order valence-electron chi connectivity index (χ1n) is 5.54. The first kappa shape index (κ1) is 13.3. The smallest absolute Gasteiger partial charge is 0.307 e. The topological polar surface area (TPSA) is 59.8 Å². The highest BCUT2D eigenvalue weighted by Crippen LogP contribution is 2.07. The Kier molecular flexibility index (Phi) is 5.26. The van der Waals surface area contributed by atoms with Crippen LogP contribution in [-0.2, 0) is 20.9 Å². The molecule has 0 spiro atoms. The van der Waals surface area contributed by atoms with E-state index in [0.717, 1.165) is 0 Å². The number of furan rings is 1. The molecule has 0 saturated carbocycles. The van der Waals surface area contributed by atoms with E-state index < -0.39 is 0 Å². The zero-order chi connectivity index (χ0) is 12.7. The fraction of sp³-hybridized carbons (Fsp3) is 0.500. The van der Waals surface area contributed by atoms with E-state index in [0.29, 0.717) is 25.3 Å². The van der Waals surface area contributed by atoms with E-state index in [1.807, 2.05) is 0 Å². The van der Waals surface area contributed by atoms with Gasteiger partial charge in [-0.25, -0.2) is 0 Å². The molecule has 0 aliphatic rings. The summed E-state index contributed by atoms with van der Waals surface area (Å²) in [5.74, 6) is 0.375. The summed E-state index contributed by atoms with van der Waals surface area (Å²) in [5.41, 5.74) is 0. The zero-order valence-corrected chi connectivity index (χ0v) is 10.1. The molecule has 0 atom stereocenters. The molecule has 0 radical (unpaired) electrons. The number of nitrogens with zero attached hydrogens (tertiary/aromatic N) is 1. The Labute approximate surface area is 100 Å². The third kappa shape index (κ3) is 4.30. The summed E-state index contributed by atoms with van der Waals surface area (Å²) in [5, 5.41) is 0. The second-order valence-corrected chi connectivity index (χ2v) is 3.57. The lowest BCUT2D eigenvalue weighted by Gasteiger charge is -2.20. The van der Waals surface area contributed by atoms with Gasteiger partial charge in [0.05, 0.1) is 26.3 Å². The second-order valence-electron chi connectivity index (χ2n) is 3.57. The van der Waals surface area contributed by atoms with Gasteiger partial charge in [-0.2, -0.15) is 0 Å². The monoisotopic (exact) mass is 239 g/mol. The molecule has 0 fully saturated rings. The van der Waals surface area contributed by atoms with E-state index in [4.69, 9.17) is 4.42 Å². The van der Waals surface area contributed by atoms with Crippen LogP contribution in [0.3, 0.4) is 0 Å². The lowest BCUT2D eigenvalue weighted by atomic mass is 10.3. The third-order valence-corrected chi connectivity index (χ3v) is 2.40. The van der Waals surface area contributed by atoms with Gasteiger partial charge in [-0.15, -0.1) is 0 Å². The number of methoxy groups -OCH3 is 1. The number of carbonyl (C=O) groups is 2. The molecular formula is C12H17NO4. The summed E-state index contributed by atoms with van der Waals surface area (Å²) in [4.78, 5) is 24.3. The molecule has 0 aliphatic carbocycles. The maximum atomic E-state index is 11.7. The fourth-order valence-electron chi connectivity index (χ4n) is 1.43. The van der Waals surface area contributed by atoms with Crippen molar-refractivity contribution < 1.29 is 18.7 Å². The van der Waals surface area contributed by atoms with Crippen molar-refractivity contribution in [2.45, 2.75) is 26.3 Å². The molecule has 0 aliphatic heterocycles. The minimum absolute atomic E-state index is 0.00898. The first-order valence-corrected chi connectivity index (χ1v) is 5.54. The van der Waals surface area contributed by atoms with Crippen LogP contribution in [0.25, 0.3) is 0 Å². The summed E-state index contributed by atoms with van der Waals surface area (Å²) in [6, 6.07) is 3.57. The second kappa shape index (κ2) is 6.73. The van der Waals surface area contributed by atoms with Gasteiger partial charge in [0, 0.05) is 13.0 Å². The van der Waals surface area contributed by atoms with Crippen molar-refractivity contribution in [3.63, 3.8) is 0 Å². The van der Waals surface area contributed by atoms with Crippen LogP contribution in [0.1, 0.15) is 25.5 Å². The Morgan fingerprint density at radius 1 is 1.47 bits per heavy atom. The largest absolute Gasteiger partial charge is 0.469 e. The van der Waals surface area contributed by atoms with Gasteiger partial charge in [0.1, 0.15) is 5.76 Å². The average molecular weight is 239 g/mol. The van der Waals surface area contributed by atoms with Crippen molar-refractivity contribution in [1.82, 2.24) is 4.90 Å². The predicted octanol–water partition coefficient (Wildman–Crippen LogP) is 1.58. The minimum Gasteiger partial charge on any atom is -0.469 e. The van der Waals surface area contributed by atoms with Crippen LogP contribution in [0.5, 0.6) is 0 Å². The standard InChI is InChI=1S/C12H17NO4/c1-3-11(14)13(7-6-12(15)16-2)9-10-5-4-8-17-10/h4-5,8H,3,6-7,9H2,1-2H3. The summed E-state index contributed by atoms with van der Waals surface area (Å²) in [7, 11) is 1.33. The Morgan fingerprint density at radius 3 is 2.76 bits per heavy atom. The van der Waals surface area contributed by atoms with Crippen molar-refractivity contribution in [2.24, 2.45) is 0 Å². The molecule has 1 rings (SSSR count). The van der Waals surface area contributed by atoms with Crippen LogP contribution in [0.15, 0.2) is 22.8 Å². The SMILES string of the molecule is CCC(=O)N(CCC(=O)OC)Cc1ccco1. The highest BCUT2D eigenvalue weighted by molar-refractivity contribution is 5.76. The Bertz CT molecular complexity index is 359. The van der Waals surface area contributed by atoms with Gasteiger partial charge in [-0.3, -0.25) is 9.59 Å². The van der Waals surface area contributed by atoms with Crippen LogP contribution in [-0.4, -0.2) is 30.4 Å². The third-order valence-electron chi connectivity index (χ3n) is 2.40. The molecule has 1 aromatic heterocycles. The van der Waals surface area contributed by atoms with Crippen molar-refractivity contribution in [1.29, 1.82) is 0 Å². The Morgan fingerprint density at radius 2 is 2.24 bits per heavy atom. The first-order chi connectivity index (χ1) is 8.17. The lowest BCUT2D eigenvalue weighted by Crippen LogP contribution is -2.32. The fourth-order valence-corrected chi connectivity index (χ4v) is 1.43. The van der Waals surface area contributed by atoms with E-state index in [2.05, 4.69) is 4.74 Å². The van der Waals surface area contributed by atoms with E-state index in [9.17, 15) is 9.59 Å². The molecule has 0 saturated heterocycles. The summed E-state index contributed by atoms with van der Waals surface area (Å²) in [6.45, 7) is 2.52. The van der Waals surface area contributed by atoms with Gasteiger partial charge in [0.15, 0.2) is 0 Å². The van der Waals surface area contributed by atoms with E-state index in [1.165, 1.54) is 7.11 Å². The maximum absolute atomic E-state index is 11.7. The molecular weight excluding hydrogens is 222 g/mol. The lowest BCUT2D eigenvalue weighted by molar-refractivity contribution is -0.142. The number of amides is 1. The number of ether oxygens (including phenoxy) is 1. The van der Waals surface area contributed by atoms with Crippen LogP contribution in [0.2, 0.25) is 0 Å². The average Bonchev–Trinajstić information content (AvgIpc) is 2.85. The van der Waals surface area contributed by atoms with Crippen LogP contribution >= 0.6 is 0 Å². The molecule has 94 valence electrons. The van der Waals surface area contributed by atoms with Gasteiger partial charge in [0.25, 0.3) is 0 Å². The van der Waals surface area contributed by atoms with E-state index >= 15 is 0 Å².